The highest BCUT2D eigenvalue weighted by atomic mass is 79.9. The van der Waals surface area contributed by atoms with Crippen molar-refractivity contribution in [3.63, 3.8) is 0 Å². The third-order valence-corrected chi connectivity index (χ3v) is 4.33. The lowest BCUT2D eigenvalue weighted by Crippen LogP contribution is -2.13. The maximum atomic E-state index is 13.5. The summed E-state index contributed by atoms with van der Waals surface area (Å²) in [6, 6.07) is 2.71. The molecular weight excluding hydrogens is 317 g/mol. The van der Waals surface area contributed by atoms with E-state index in [9.17, 15) is 4.39 Å². The smallest absolute Gasteiger partial charge is 0.141 e. The number of halogens is 2. The molecule has 0 fully saturated rings. The quantitative estimate of drug-likeness (QED) is 0.923. The van der Waals surface area contributed by atoms with Gasteiger partial charge in [0.1, 0.15) is 11.6 Å². The lowest BCUT2D eigenvalue weighted by Gasteiger charge is -2.16. The van der Waals surface area contributed by atoms with Gasteiger partial charge < -0.3 is 10.5 Å². The van der Waals surface area contributed by atoms with Gasteiger partial charge in [0.05, 0.1) is 17.6 Å². The number of hydrogen-bond donors (Lipinski definition) is 1. The second-order valence-corrected chi connectivity index (χ2v) is 5.59. The number of nitrogens with two attached hydrogens (primary N) is 1. The normalized spacial score (nSPS) is 12.5. The van der Waals surface area contributed by atoms with Gasteiger partial charge in [-0.3, -0.25) is 0 Å². The number of thiophene rings is 1. The molecule has 1 atom stereocenters. The number of rotatable bonds is 3. The predicted molar refractivity (Wildman–Crippen MR) is 75.7 cm³/mol. The Labute approximate surface area is 118 Å². The molecule has 2 rings (SSSR count). The Morgan fingerprint density at radius 2 is 2.06 bits per heavy atom. The van der Waals surface area contributed by atoms with Crippen molar-refractivity contribution in [3.05, 3.63) is 49.9 Å². The van der Waals surface area contributed by atoms with E-state index in [2.05, 4.69) is 15.9 Å². The molecule has 0 saturated heterocycles. The van der Waals surface area contributed by atoms with E-state index >= 15 is 0 Å². The molecule has 0 aliphatic rings. The maximum absolute atomic E-state index is 13.5. The standard InChI is InChI=1S/C13H13BrFNOS/c1-7-5-18-6-9(7)13(16)8-3-10(14)11(15)4-12(8)17-2/h3-6,13H,16H2,1-2H3. The van der Waals surface area contributed by atoms with Gasteiger partial charge in [0.2, 0.25) is 0 Å². The van der Waals surface area contributed by atoms with Crippen LogP contribution in [-0.4, -0.2) is 7.11 Å². The van der Waals surface area contributed by atoms with Crippen LogP contribution in [0.5, 0.6) is 5.75 Å². The molecule has 0 bridgehead atoms. The van der Waals surface area contributed by atoms with Crippen molar-refractivity contribution in [2.45, 2.75) is 13.0 Å². The lowest BCUT2D eigenvalue weighted by molar-refractivity contribution is 0.404. The van der Waals surface area contributed by atoms with Crippen molar-refractivity contribution in [1.82, 2.24) is 0 Å². The van der Waals surface area contributed by atoms with Crippen LogP contribution in [0.25, 0.3) is 0 Å². The molecule has 18 heavy (non-hydrogen) atoms. The van der Waals surface area contributed by atoms with Crippen LogP contribution in [0.3, 0.4) is 0 Å². The fourth-order valence-electron chi connectivity index (χ4n) is 1.82. The average molecular weight is 330 g/mol. The summed E-state index contributed by atoms with van der Waals surface area (Å²) in [5.41, 5.74) is 9.18. The van der Waals surface area contributed by atoms with Gasteiger partial charge in [-0.15, -0.1) is 0 Å². The molecule has 0 aliphatic carbocycles. The molecule has 2 aromatic rings. The van der Waals surface area contributed by atoms with E-state index in [0.717, 1.165) is 16.7 Å². The van der Waals surface area contributed by atoms with E-state index in [1.54, 1.807) is 17.4 Å². The van der Waals surface area contributed by atoms with Crippen molar-refractivity contribution in [3.8, 4) is 5.75 Å². The maximum Gasteiger partial charge on any atom is 0.141 e. The minimum absolute atomic E-state index is 0.317. The summed E-state index contributed by atoms with van der Waals surface area (Å²) in [4.78, 5) is 0. The van der Waals surface area contributed by atoms with Crippen LogP contribution in [0.1, 0.15) is 22.7 Å². The van der Waals surface area contributed by atoms with Crippen LogP contribution in [0.15, 0.2) is 27.4 Å². The fourth-order valence-corrected chi connectivity index (χ4v) is 3.07. The molecule has 0 spiro atoms. The summed E-state index contributed by atoms with van der Waals surface area (Å²) in [6.07, 6.45) is 0. The largest absolute Gasteiger partial charge is 0.496 e. The van der Waals surface area contributed by atoms with E-state index in [1.807, 2.05) is 17.7 Å². The van der Waals surface area contributed by atoms with Crippen LogP contribution >= 0.6 is 27.3 Å². The Balaban J connectivity index is 2.50. The highest BCUT2D eigenvalue weighted by Gasteiger charge is 2.18. The zero-order chi connectivity index (χ0) is 13.3. The summed E-state index contributed by atoms with van der Waals surface area (Å²) < 4.78 is 19.1. The highest BCUT2D eigenvalue weighted by molar-refractivity contribution is 9.10. The zero-order valence-electron chi connectivity index (χ0n) is 10.0. The summed E-state index contributed by atoms with van der Waals surface area (Å²) >= 11 is 4.78. The Bertz CT molecular complexity index is 570. The molecule has 2 nitrogen and oxygen atoms in total. The first-order valence-corrected chi connectivity index (χ1v) is 7.09. The van der Waals surface area contributed by atoms with E-state index in [0.29, 0.717) is 10.2 Å². The SMILES string of the molecule is COc1cc(F)c(Br)cc1C(N)c1cscc1C. The van der Waals surface area contributed by atoms with Crippen LogP contribution in [0, 0.1) is 12.7 Å². The van der Waals surface area contributed by atoms with Crippen LogP contribution in [0.2, 0.25) is 0 Å². The van der Waals surface area contributed by atoms with E-state index in [4.69, 9.17) is 10.5 Å². The number of hydrogen-bond acceptors (Lipinski definition) is 3. The Kier molecular flexibility index (Phi) is 4.04. The first-order valence-electron chi connectivity index (χ1n) is 5.35. The molecule has 5 heteroatoms. The fraction of sp³-hybridized carbons (Fsp3) is 0.231. The molecule has 1 aromatic carbocycles. The van der Waals surface area contributed by atoms with Gasteiger partial charge in [0.25, 0.3) is 0 Å². The van der Waals surface area contributed by atoms with Crippen LogP contribution in [0.4, 0.5) is 4.39 Å². The van der Waals surface area contributed by atoms with E-state index < -0.39 is 0 Å². The van der Waals surface area contributed by atoms with Gasteiger partial charge in [-0.2, -0.15) is 11.3 Å². The zero-order valence-corrected chi connectivity index (χ0v) is 12.4. The van der Waals surface area contributed by atoms with Gasteiger partial charge in [0, 0.05) is 11.6 Å². The van der Waals surface area contributed by atoms with E-state index in [1.165, 1.54) is 13.2 Å². The molecule has 1 aromatic heterocycles. The predicted octanol–water partition coefficient (Wildman–Crippen LogP) is 4.01. The summed E-state index contributed by atoms with van der Waals surface area (Å²) in [7, 11) is 1.51. The first-order chi connectivity index (χ1) is 8.54. The molecule has 0 saturated carbocycles. The monoisotopic (exact) mass is 329 g/mol. The molecule has 0 radical (unpaired) electrons. The molecule has 1 heterocycles. The van der Waals surface area contributed by atoms with Gasteiger partial charge in [-0.05, 0) is 50.8 Å². The Morgan fingerprint density at radius 1 is 1.33 bits per heavy atom. The Morgan fingerprint density at radius 3 is 2.61 bits per heavy atom. The second kappa shape index (κ2) is 5.38. The van der Waals surface area contributed by atoms with Crippen LogP contribution < -0.4 is 10.5 Å². The minimum Gasteiger partial charge on any atom is -0.496 e. The number of methoxy groups -OCH3 is 1. The molecular formula is C13H13BrFNOS. The van der Waals surface area contributed by atoms with Crippen molar-refractivity contribution < 1.29 is 9.13 Å². The summed E-state index contributed by atoms with van der Waals surface area (Å²) in [5.74, 6) is 0.110. The number of benzene rings is 1. The van der Waals surface area contributed by atoms with Gasteiger partial charge in [0.15, 0.2) is 0 Å². The topological polar surface area (TPSA) is 35.2 Å². The molecule has 0 aliphatic heterocycles. The van der Waals surface area contributed by atoms with Gasteiger partial charge >= 0.3 is 0 Å². The van der Waals surface area contributed by atoms with Gasteiger partial charge in [-0.25, -0.2) is 4.39 Å². The Hall–Kier alpha value is -0.910. The second-order valence-electron chi connectivity index (χ2n) is 4.00. The van der Waals surface area contributed by atoms with Crippen molar-refractivity contribution in [2.24, 2.45) is 5.73 Å². The summed E-state index contributed by atoms with van der Waals surface area (Å²) in [6.45, 7) is 2.01. The lowest BCUT2D eigenvalue weighted by atomic mass is 9.98. The van der Waals surface area contributed by atoms with Crippen molar-refractivity contribution in [2.75, 3.05) is 7.11 Å². The number of aryl methyl sites for hydroxylation is 1. The van der Waals surface area contributed by atoms with Crippen LogP contribution in [-0.2, 0) is 0 Å². The third-order valence-electron chi connectivity index (χ3n) is 2.84. The van der Waals surface area contributed by atoms with Crippen molar-refractivity contribution >= 4 is 27.3 Å². The molecule has 2 N–H and O–H groups in total. The highest BCUT2D eigenvalue weighted by Crippen LogP contribution is 2.34. The molecule has 0 amide bonds. The van der Waals surface area contributed by atoms with E-state index in [-0.39, 0.29) is 11.9 Å². The minimum atomic E-state index is -0.357. The van der Waals surface area contributed by atoms with Gasteiger partial charge in [-0.1, -0.05) is 0 Å². The summed E-state index contributed by atoms with van der Waals surface area (Å²) in [5, 5.41) is 4.05. The number of ether oxygens (including phenoxy) is 1. The molecule has 96 valence electrons. The average Bonchev–Trinajstić information content (AvgIpc) is 2.77. The first kappa shape index (κ1) is 13.5. The third kappa shape index (κ3) is 2.43. The molecule has 1 unspecified atom stereocenters. The van der Waals surface area contributed by atoms with Crippen molar-refractivity contribution in [1.29, 1.82) is 0 Å².